The van der Waals surface area contributed by atoms with Crippen molar-refractivity contribution in [1.82, 2.24) is 5.06 Å². The van der Waals surface area contributed by atoms with Gasteiger partial charge in [-0.25, -0.2) is 9.59 Å². The quantitative estimate of drug-likeness (QED) is 0.747. The van der Waals surface area contributed by atoms with Gasteiger partial charge in [0.25, 0.3) is 0 Å². The van der Waals surface area contributed by atoms with Crippen LogP contribution in [0.15, 0.2) is 42.1 Å². The Morgan fingerprint density at radius 2 is 1.82 bits per heavy atom. The molecule has 6 heteroatoms. The lowest BCUT2D eigenvalue weighted by molar-refractivity contribution is -0.181. The summed E-state index contributed by atoms with van der Waals surface area (Å²) in [6, 6.07) is 9.59. The van der Waals surface area contributed by atoms with Gasteiger partial charge in [-0.3, -0.25) is 9.90 Å². The molecule has 1 unspecified atom stereocenters. The highest BCUT2D eigenvalue weighted by molar-refractivity contribution is 5.97. The van der Waals surface area contributed by atoms with Crippen molar-refractivity contribution in [2.24, 2.45) is 0 Å². The lowest BCUT2D eigenvalue weighted by Crippen LogP contribution is -2.31. The van der Waals surface area contributed by atoms with Crippen molar-refractivity contribution in [2.75, 3.05) is 13.2 Å². The predicted molar refractivity (Wildman–Crippen MR) is 78.2 cm³/mol. The molecular weight excluding hydrogens is 286 g/mol. The molecule has 0 saturated heterocycles. The van der Waals surface area contributed by atoms with E-state index in [-0.39, 0.29) is 18.8 Å². The number of esters is 2. The molecule has 1 heterocycles. The minimum atomic E-state index is -1.08. The molecule has 0 bridgehead atoms. The van der Waals surface area contributed by atoms with Crippen LogP contribution in [0, 0.1) is 0 Å². The van der Waals surface area contributed by atoms with Crippen LogP contribution in [0.5, 0.6) is 0 Å². The van der Waals surface area contributed by atoms with Crippen molar-refractivity contribution in [1.29, 1.82) is 0 Å². The molecule has 0 fully saturated rings. The molecule has 1 aromatic carbocycles. The molecule has 0 saturated carbocycles. The number of carbonyl (C=O) groups excluding carboxylic acids is 2. The van der Waals surface area contributed by atoms with E-state index in [9.17, 15) is 9.59 Å². The van der Waals surface area contributed by atoms with E-state index in [0.29, 0.717) is 6.54 Å². The number of benzene rings is 1. The second kappa shape index (κ2) is 7.61. The fourth-order valence-electron chi connectivity index (χ4n) is 2.05. The third-order valence-corrected chi connectivity index (χ3v) is 3.00. The zero-order valence-corrected chi connectivity index (χ0v) is 12.7. The molecule has 1 atom stereocenters. The number of nitrogens with zero attached hydrogens (tertiary/aromatic N) is 1. The van der Waals surface area contributed by atoms with Crippen molar-refractivity contribution in [3.05, 3.63) is 47.7 Å². The summed E-state index contributed by atoms with van der Waals surface area (Å²) in [5.74, 6) is -1.17. The predicted octanol–water partition coefficient (Wildman–Crippen LogP) is 1.81. The van der Waals surface area contributed by atoms with Crippen molar-refractivity contribution >= 4 is 11.9 Å². The summed E-state index contributed by atoms with van der Waals surface area (Å²) in [6.07, 6.45) is 0.412. The summed E-state index contributed by atoms with van der Waals surface area (Å²) in [7, 11) is 0. The smallest absolute Gasteiger partial charge is 0.343 e. The normalized spacial score (nSPS) is 17.1. The molecular formula is C16H19NO5. The van der Waals surface area contributed by atoms with E-state index in [1.54, 1.807) is 13.8 Å². The van der Waals surface area contributed by atoms with Crippen molar-refractivity contribution in [2.45, 2.75) is 26.5 Å². The van der Waals surface area contributed by atoms with Gasteiger partial charge in [0.15, 0.2) is 0 Å². The molecule has 22 heavy (non-hydrogen) atoms. The molecule has 0 aliphatic carbocycles. The first kappa shape index (κ1) is 16.0. The highest BCUT2D eigenvalue weighted by Gasteiger charge is 2.38. The maximum atomic E-state index is 12.0. The summed E-state index contributed by atoms with van der Waals surface area (Å²) >= 11 is 0. The topological polar surface area (TPSA) is 65.1 Å². The summed E-state index contributed by atoms with van der Waals surface area (Å²) in [6.45, 7) is 4.26. The zero-order valence-electron chi connectivity index (χ0n) is 12.7. The Labute approximate surface area is 129 Å². The van der Waals surface area contributed by atoms with Crippen LogP contribution >= 0.6 is 0 Å². The number of carbonyl (C=O) groups is 2. The summed E-state index contributed by atoms with van der Waals surface area (Å²) in [4.78, 5) is 29.4. The molecule has 6 nitrogen and oxygen atoms in total. The third kappa shape index (κ3) is 3.85. The van der Waals surface area contributed by atoms with Crippen LogP contribution in [0.3, 0.4) is 0 Å². The summed E-state index contributed by atoms with van der Waals surface area (Å²) in [5.41, 5.74) is 1.14. The highest BCUT2D eigenvalue weighted by atomic mass is 16.7. The summed E-state index contributed by atoms with van der Waals surface area (Å²) < 4.78 is 9.90. The first-order valence-corrected chi connectivity index (χ1v) is 7.18. The molecule has 1 aliphatic rings. The van der Waals surface area contributed by atoms with Gasteiger partial charge in [-0.2, -0.15) is 0 Å². The Morgan fingerprint density at radius 1 is 1.14 bits per heavy atom. The molecule has 0 N–H and O–H groups in total. The van der Waals surface area contributed by atoms with Gasteiger partial charge in [0, 0.05) is 6.20 Å². The maximum Gasteiger partial charge on any atom is 0.343 e. The maximum absolute atomic E-state index is 12.0. The van der Waals surface area contributed by atoms with Crippen LogP contribution in [0.25, 0.3) is 0 Å². The Hall–Kier alpha value is -2.34. The standard InChI is InChI=1S/C16H19NO5/c1-3-20-15(18)13-11-17(10-12-8-6-5-7-9-12)22-14(13)16(19)21-4-2/h5-9,11,14H,3-4,10H2,1-2H3. The van der Waals surface area contributed by atoms with Crippen molar-refractivity contribution < 1.29 is 23.9 Å². The Morgan fingerprint density at radius 3 is 2.45 bits per heavy atom. The average molecular weight is 305 g/mol. The van der Waals surface area contributed by atoms with Gasteiger partial charge in [0.1, 0.15) is 0 Å². The van der Waals surface area contributed by atoms with E-state index >= 15 is 0 Å². The SMILES string of the molecule is CCOC(=O)C1=CN(Cc2ccccc2)OC1C(=O)OCC. The number of rotatable bonds is 6. The van der Waals surface area contributed by atoms with E-state index in [2.05, 4.69) is 0 Å². The molecule has 2 rings (SSSR count). The van der Waals surface area contributed by atoms with Crippen molar-refractivity contribution in [3.63, 3.8) is 0 Å². The van der Waals surface area contributed by atoms with Gasteiger partial charge in [0.2, 0.25) is 6.10 Å². The second-order valence-electron chi connectivity index (χ2n) is 4.60. The van der Waals surface area contributed by atoms with Gasteiger partial charge in [-0.05, 0) is 19.4 Å². The molecule has 0 radical (unpaired) electrons. The van der Waals surface area contributed by atoms with E-state index in [1.807, 2.05) is 30.3 Å². The lowest BCUT2D eigenvalue weighted by atomic mass is 10.1. The van der Waals surface area contributed by atoms with E-state index < -0.39 is 18.0 Å². The number of hydroxylamine groups is 2. The average Bonchev–Trinajstić information content (AvgIpc) is 2.93. The summed E-state index contributed by atoms with van der Waals surface area (Å²) in [5, 5.41) is 1.45. The molecule has 1 aliphatic heterocycles. The number of ether oxygens (including phenoxy) is 2. The van der Waals surface area contributed by atoms with E-state index in [1.165, 1.54) is 11.3 Å². The fraction of sp³-hybridized carbons (Fsp3) is 0.375. The minimum absolute atomic E-state index is 0.149. The molecule has 0 aromatic heterocycles. The number of hydrogen-bond acceptors (Lipinski definition) is 6. The molecule has 0 spiro atoms. The van der Waals surface area contributed by atoms with Crippen molar-refractivity contribution in [3.8, 4) is 0 Å². The highest BCUT2D eigenvalue weighted by Crippen LogP contribution is 2.23. The van der Waals surface area contributed by atoms with E-state index in [0.717, 1.165) is 5.56 Å². The second-order valence-corrected chi connectivity index (χ2v) is 4.60. The van der Waals surface area contributed by atoms with Gasteiger partial charge in [-0.1, -0.05) is 30.3 Å². The minimum Gasteiger partial charge on any atom is -0.464 e. The van der Waals surface area contributed by atoms with Crippen LogP contribution in [-0.4, -0.2) is 36.3 Å². The van der Waals surface area contributed by atoms with Gasteiger partial charge in [-0.15, -0.1) is 0 Å². The monoisotopic (exact) mass is 305 g/mol. The first-order valence-electron chi connectivity index (χ1n) is 7.18. The Balaban J connectivity index is 2.13. The first-order chi connectivity index (χ1) is 10.7. The van der Waals surface area contributed by atoms with Crippen LogP contribution in [0.2, 0.25) is 0 Å². The molecule has 118 valence electrons. The van der Waals surface area contributed by atoms with Crippen LogP contribution in [0.1, 0.15) is 19.4 Å². The van der Waals surface area contributed by atoms with Gasteiger partial charge >= 0.3 is 11.9 Å². The third-order valence-electron chi connectivity index (χ3n) is 3.00. The fourth-order valence-corrected chi connectivity index (χ4v) is 2.05. The largest absolute Gasteiger partial charge is 0.464 e. The van der Waals surface area contributed by atoms with E-state index in [4.69, 9.17) is 14.3 Å². The molecule has 0 amide bonds. The van der Waals surface area contributed by atoms with Crippen LogP contribution in [0.4, 0.5) is 0 Å². The van der Waals surface area contributed by atoms with Crippen LogP contribution < -0.4 is 0 Å². The Bertz CT molecular complexity index is 555. The lowest BCUT2D eigenvalue weighted by Gasteiger charge is -2.17. The Kier molecular flexibility index (Phi) is 5.55. The van der Waals surface area contributed by atoms with Gasteiger partial charge < -0.3 is 9.47 Å². The molecule has 1 aromatic rings. The van der Waals surface area contributed by atoms with Gasteiger partial charge in [0.05, 0.1) is 25.3 Å². The zero-order chi connectivity index (χ0) is 15.9. The number of hydrogen-bond donors (Lipinski definition) is 0. The van der Waals surface area contributed by atoms with Crippen LogP contribution in [-0.2, 0) is 30.4 Å².